The number of halogens is 1. The van der Waals surface area contributed by atoms with Gasteiger partial charge in [0.15, 0.2) is 0 Å². The maximum absolute atomic E-state index is 11.6. The summed E-state index contributed by atoms with van der Waals surface area (Å²) in [5.41, 5.74) is 0.572. The fraction of sp³-hybridized carbons (Fsp3) is 0.375. The Hall–Kier alpha value is -2.10. The molecule has 4 N–H and O–H groups in total. The maximum Gasteiger partial charge on any atom is 0.328 e. The molecule has 0 spiro atoms. The number of amides is 1. The van der Waals surface area contributed by atoms with Crippen LogP contribution in [0.15, 0.2) is 29.3 Å². The molecular weight excluding hydrogens is 382 g/mol. The van der Waals surface area contributed by atoms with Crippen molar-refractivity contribution in [2.45, 2.75) is 23.1 Å². The number of pyridine rings is 1. The van der Waals surface area contributed by atoms with Crippen LogP contribution in [-0.2, 0) is 9.59 Å². The van der Waals surface area contributed by atoms with Crippen LogP contribution in [0.5, 0.6) is 0 Å². The predicted octanol–water partition coefficient (Wildman–Crippen LogP) is -0.710. The maximum atomic E-state index is 11.6. The molecular formula is C16H20ClN3O5S. The van der Waals surface area contributed by atoms with Gasteiger partial charge < -0.3 is 25.6 Å². The fourth-order valence-electron chi connectivity index (χ4n) is 2.13. The predicted molar refractivity (Wildman–Crippen MR) is 95.0 cm³/mol. The highest BCUT2D eigenvalue weighted by Crippen LogP contribution is 2.28. The highest BCUT2D eigenvalue weighted by molar-refractivity contribution is 7.99. The Kier molecular flexibility index (Phi) is 9.71. The number of nitrogens with one attached hydrogen (secondary N) is 1. The first-order chi connectivity index (χ1) is 12.3. The zero-order chi connectivity index (χ0) is 19.5. The third kappa shape index (κ3) is 8.84. The van der Waals surface area contributed by atoms with Crippen LogP contribution in [0.25, 0.3) is 0 Å². The Morgan fingerprint density at radius 2 is 2.00 bits per heavy atom. The molecule has 0 radical (unpaired) electrons. The third-order valence-electron chi connectivity index (χ3n) is 3.29. The number of hydrogen-bond acceptors (Lipinski definition) is 6. The Morgan fingerprint density at radius 3 is 2.50 bits per heavy atom. The zero-order valence-electron chi connectivity index (χ0n) is 14.1. The van der Waals surface area contributed by atoms with Crippen molar-refractivity contribution in [1.29, 1.82) is 0 Å². The van der Waals surface area contributed by atoms with Crippen molar-refractivity contribution in [3.63, 3.8) is 0 Å². The molecule has 1 saturated heterocycles. The van der Waals surface area contributed by atoms with E-state index >= 15 is 0 Å². The molecule has 0 bridgehead atoms. The second kappa shape index (κ2) is 11.5. The van der Waals surface area contributed by atoms with E-state index in [1.165, 1.54) is 25.9 Å². The van der Waals surface area contributed by atoms with Gasteiger partial charge in [-0.1, -0.05) is 11.6 Å². The number of aliphatic carboxylic acids is 2. The number of carboxylic acids is 2. The van der Waals surface area contributed by atoms with Gasteiger partial charge in [0.25, 0.3) is 5.91 Å². The van der Waals surface area contributed by atoms with Crippen molar-refractivity contribution in [2.24, 2.45) is 0 Å². The lowest BCUT2D eigenvalue weighted by Gasteiger charge is -2.19. The number of thioether (sulfide) groups is 1. The lowest BCUT2D eigenvalue weighted by molar-refractivity contribution is -0.661. The Morgan fingerprint density at radius 1 is 1.35 bits per heavy atom. The molecule has 1 amide bonds. The van der Waals surface area contributed by atoms with Crippen LogP contribution in [0, 0.1) is 0 Å². The quantitative estimate of drug-likeness (QED) is 0.438. The summed E-state index contributed by atoms with van der Waals surface area (Å²) in [5.74, 6) is -2.93. The first-order valence-corrected chi connectivity index (χ1v) is 9.07. The number of nitrogens with two attached hydrogens (primary N) is 1. The van der Waals surface area contributed by atoms with Crippen LogP contribution in [0.2, 0.25) is 5.15 Å². The molecule has 2 heterocycles. The van der Waals surface area contributed by atoms with E-state index in [-0.39, 0.29) is 5.91 Å². The Bertz CT molecular complexity index is 662. The first-order valence-electron chi connectivity index (χ1n) is 7.81. The van der Waals surface area contributed by atoms with Crippen molar-refractivity contribution in [2.75, 3.05) is 20.1 Å². The number of hydrogen-bond donors (Lipinski definition) is 3. The summed E-state index contributed by atoms with van der Waals surface area (Å²) in [5, 5.41) is 24.0. The molecule has 142 valence electrons. The molecule has 0 saturated carbocycles. The van der Waals surface area contributed by atoms with E-state index in [1.807, 2.05) is 6.07 Å². The van der Waals surface area contributed by atoms with Gasteiger partial charge >= 0.3 is 5.97 Å². The van der Waals surface area contributed by atoms with Crippen LogP contribution < -0.4 is 15.7 Å². The van der Waals surface area contributed by atoms with Crippen LogP contribution in [-0.4, -0.2) is 53.3 Å². The Balaban J connectivity index is 0.000000359. The minimum Gasteiger partial charge on any atom is -0.545 e. The van der Waals surface area contributed by atoms with E-state index in [9.17, 15) is 19.5 Å². The van der Waals surface area contributed by atoms with Crippen molar-refractivity contribution in [1.82, 2.24) is 10.3 Å². The summed E-state index contributed by atoms with van der Waals surface area (Å²) >= 11 is 7.68. The van der Waals surface area contributed by atoms with E-state index in [0.29, 0.717) is 28.1 Å². The molecule has 0 atom stereocenters. The van der Waals surface area contributed by atoms with Crippen LogP contribution >= 0.6 is 23.4 Å². The normalized spacial score (nSPS) is 14.4. The summed E-state index contributed by atoms with van der Waals surface area (Å²) in [6.45, 7) is 2.33. The molecule has 2 rings (SSSR count). The Labute approximate surface area is 160 Å². The van der Waals surface area contributed by atoms with Crippen LogP contribution in [0.1, 0.15) is 23.2 Å². The van der Waals surface area contributed by atoms with Gasteiger partial charge in [-0.15, -0.1) is 11.8 Å². The van der Waals surface area contributed by atoms with Crippen molar-refractivity contribution < 1.29 is 29.9 Å². The van der Waals surface area contributed by atoms with E-state index in [0.717, 1.165) is 5.03 Å². The lowest BCUT2D eigenvalue weighted by Crippen LogP contribution is -2.86. The van der Waals surface area contributed by atoms with Gasteiger partial charge in [0, 0.05) is 36.8 Å². The molecule has 1 aromatic rings. The van der Waals surface area contributed by atoms with Gasteiger partial charge in [-0.3, -0.25) is 4.79 Å². The van der Waals surface area contributed by atoms with Gasteiger partial charge in [0.2, 0.25) is 0 Å². The smallest absolute Gasteiger partial charge is 0.328 e. The van der Waals surface area contributed by atoms with E-state index in [4.69, 9.17) is 16.7 Å². The first kappa shape index (κ1) is 21.9. The number of carbonyl (C=O) groups excluding carboxylic acids is 2. The molecule has 0 aromatic carbocycles. The van der Waals surface area contributed by atoms with Crippen LogP contribution in [0.3, 0.4) is 0 Å². The molecule has 8 nitrogen and oxygen atoms in total. The van der Waals surface area contributed by atoms with E-state index in [2.05, 4.69) is 15.6 Å². The minimum atomic E-state index is -1.51. The average Bonchev–Trinajstić information content (AvgIpc) is 2.60. The van der Waals surface area contributed by atoms with Crippen molar-refractivity contribution in [3.8, 4) is 0 Å². The number of carboxylic acid groups (broad SMARTS) is 2. The average molecular weight is 402 g/mol. The van der Waals surface area contributed by atoms with Crippen molar-refractivity contribution >= 4 is 41.2 Å². The summed E-state index contributed by atoms with van der Waals surface area (Å²) in [6.07, 6.45) is 3.29. The van der Waals surface area contributed by atoms with E-state index < -0.39 is 11.9 Å². The van der Waals surface area contributed by atoms with Gasteiger partial charge in [0.1, 0.15) is 5.15 Å². The molecule has 1 aliphatic heterocycles. The molecule has 10 heteroatoms. The zero-order valence-corrected chi connectivity index (χ0v) is 15.7. The molecule has 1 fully saturated rings. The largest absolute Gasteiger partial charge is 0.545 e. The molecule has 1 aliphatic rings. The van der Waals surface area contributed by atoms with E-state index in [1.54, 1.807) is 24.9 Å². The van der Waals surface area contributed by atoms with Gasteiger partial charge in [0.05, 0.1) is 24.1 Å². The second-order valence-electron chi connectivity index (χ2n) is 5.27. The second-order valence-corrected chi connectivity index (χ2v) is 6.98. The van der Waals surface area contributed by atoms with Gasteiger partial charge in [-0.05, 0) is 18.2 Å². The fourth-order valence-corrected chi connectivity index (χ4v) is 3.59. The number of quaternary nitrogens is 1. The summed E-state index contributed by atoms with van der Waals surface area (Å²) in [4.78, 5) is 34.8. The summed E-state index contributed by atoms with van der Waals surface area (Å²) < 4.78 is 0. The number of rotatable bonds is 5. The van der Waals surface area contributed by atoms with Gasteiger partial charge in [-0.2, -0.15) is 0 Å². The number of nitrogens with zero attached hydrogens (tertiary/aromatic N) is 1. The highest BCUT2D eigenvalue weighted by atomic mass is 35.5. The highest BCUT2D eigenvalue weighted by Gasteiger charge is 2.18. The molecule has 0 aliphatic carbocycles. The van der Waals surface area contributed by atoms with Crippen LogP contribution in [0.4, 0.5) is 0 Å². The third-order valence-corrected chi connectivity index (χ3v) is 4.74. The number of piperidine rings is 1. The molecule has 1 aromatic heterocycles. The molecule has 26 heavy (non-hydrogen) atoms. The summed E-state index contributed by atoms with van der Waals surface area (Å²) in [7, 11) is 1.61. The van der Waals surface area contributed by atoms with Crippen molar-refractivity contribution in [3.05, 3.63) is 35.0 Å². The standard InChI is InChI=1S/C12H16ClN3OS.C4H4O4/c1-14-12(17)8-6-10(13)16-11(7-8)18-9-2-4-15-5-3-9;5-3(6)1-2-4(7)8/h6-7,9,15H,2-5H2,1H3,(H,14,17);1-2H,(H,5,6)(H,7,8)/b;2-1+. The lowest BCUT2D eigenvalue weighted by atomic mass is 10.2. The number of aromatic nitrogens is 1. The van der Waals surface area contributed by atoms with Gasteiger partial charge in [-0.25, -0.2) is 9.78 Å². The number of carbonyl (C=O) groups is 3. The molecule has 0 unspecified atom stereocenters. The monoisotopic (exact) mass is 401 g/mol. The minimum absolute atomic E-state index is 0.127. The topological polar surface area (TPSA) is 136 Å². The SMILES string of the molecule is CNC(=O)c1cc(Cl)nc(SC2CC[NH2+]CC2)c1.O=C([O-])/C=C/C(=O)O. The summed E-state index contributed by atoms with van der Waals surface area (Å²) in [6, 6.07) is 3.41.